The van der Waals surface area contributed by atoms with Crippen LogP contribution in [0.25, 0.3) is 10.9 Å². The highest BCUT2D eigenvalue weighted by atomic mass is 16.5. The van der Waals surface area contributed by atoms with Crippen LogP contribution in [-0.2, 0) is 4.74 Å². The topological polar surface area (TPSA) is 92.2 Å². The zero-order valence-corrected chi connectivity index (χ0v) is 18.0. The Bertz CT molecular complexity index is 1200. The van der Waals surface area contributed by atoms with Gasteiger partial charge in [0.1, 0.15) is 5.39 Å². The lowest BCUT2D eigenvalue weighted by molar-refractivity contribution is -0.0192. The number of methoxy groups -OCH3 is 1. The second kappa shape index (κ2) is 7.53. The van der Waals surface area contributed by atoms with Gasteiger partial charge in [-0.2, -0.15) is 5.10 Å². The van der Waals surface area contributed by atoms with Gasteiger partial charge in [-0.25, -0.2) is 0 Å². The maximum absolute atomic E-state index is 12.7. The van der Waals surface area contributed by atoms with Crippen molar-refractivity contribution in [3.05, 3.63) is 51.9 Å². The third-order valence-corrected chi connectivity index (χ3v) is 6.51. The van der Waals surface area contributed by atoms with Crippen molar-refractivity contribution in [1.29, 1.82) is 0 Å². The summed E-state index contributed by atoms with van der Waals surface area (Å²) in [5.41, 5.74) is 3.01. The van der Waals surface area contributed by atoms with Crippen molar-refractivity contribution < 1.29 is 9.53 Å². The zero-order valence-electron chi connectivity index (χ0n) is 18.0. The first-order valence-electron chi connectivity index (χ1n) is 10.8. The predicted octanol–water partition coefficient (Wildman–Crippen LogP) is 3.22. The van der Waals surface area contributed by atoms with Gasteiger partial charge >= 0.3 is 0 Å². The number of anilines is 2. The van der Waals surface area contributed by atoms with Crippen molar-refractivity contribution in [2.45, 2.75) is 38.8 Å². The molecule has 2 aromatic heterocycles. The molecule has 0 unspecified atom stereocenters. The molecule has 5 rings (SSSR count). The van der Waals surface area contributed by atoms with Crippen LogP contribution in [-0.4, -0.2) is 51.9 Å². The lowest BCUT2D eigenvalue weighted by Crippen LogP contribution is -2.54. The van der Waals surface area contributed by atoms with E-state index >= 15 is 0 Å². The van der Waals surface area contributed by atoms with Gasteiger partial charge < -0.3 is 19.9 Å². The predicted molar refractivity (Wildman–Crippen MR) is 119 cm³/mol. The van der Waals surface area contributed by atoms with E-state index in [1.807, 2.05) is 35.9 Å². The number of rotatable bonds is 6. The first kappa shape index (κ1) is 19.8. The summed E-state index contributed by atoms with van der Waals surface area (Å²) < 4.78 is 7.22. The highest BCUT2D eigenvalue weighted by Gasteiger charge is 2.32. The fraction of sp³-hybridized carbons (Fsp3) is 0.435. The fourth-order valence-corrected chi connectivity index (χ4v) is 4.32. The van der Waals surface area contributed by atoms with Gasteiger partial charge in [-0.1, -0.05) is 0 Å². The van der Waals surface area contributed by atoms with E-state index < -0.39 is 0 Å². The number of pyridine rings is 1. The van der Waals surface area contributed by atoms with E-state index in [4.69, 9.17) is 9.84 Å². The SMILES string of the molecule is COC1CN(C(=O)c2ccc(Nc3nn([C@@H](C)C4CC4)c4cc[nH]c(=O)c34)cc2C)C1. The van der Waals surface area contributed by atoms with Crippen LogP contribution in [0.5, 0.6) is 0 Å². The van der Waals surface area contributed by atoms with E-state index in [1.165, 1.54) is 12.8 Å². The maximum Gasteiger partial charge on any atom is 0.261 e. The standard InChI is InChI=1S/C23H27N5O3/c1-13-10-16(6-7-18(13)23(30)27-11-17(12-27)31-3)25-21-20-19(8-9-24-22(20)29)28(26-21)14(2)15-4-5-15/h6-10,14-15,17H,4-5,11-12H2,1-3H3,(H,24,29)(H,25,26)/t14-/m0/s1. The number of H-pyrrole nitrogens is 1. The molecular weight excluding hydrogens is 394 g/mol. The Morgan fingerprint density at radius 1 is 1.29 bits per heavy atom. The fourth-order valence-electron chi connectivity index (χ4n) is 4.32. The number of fused-ring (bicyclic) bond motifs is 1. The summed E-state index contributed by atoms with van der Waals surface area (Å²) in [6, 6.07) is 7.76. The summed E-state index contributed by atoms with van der Waals surface area (Å²) in [5.74, 6) is 1.16. The Labute approximate surface area is 180 Å². The van der Waals surface area contributed by atoms with Gasteiger partial charge in [0.25, 0.3) is 11.5 Å². The van der Waals surface area contributed by atoms with E-state index in [0.29, 0.717) is 35.8 Å². The number of carbonyl (C=O) groups excluding carboxylic acids is 1. The van der Waals surface area contributed by atoms with E-state index in [0.717, 1.165) is 16.8 Å². The Morgan fingerprint density at radius 3 is 2.74 bits per heavy atom. The van der Waals surface area contributed by atoms with Crippen molar-refractivity contribution in [1.82, 2.24) is 19.7 Å². The molecule has 1 saturated heterocycles. The van der Waals surface area contributed by atoms with Gasteiger partial charge in [-0.15, -0.1) is 0 Å². The molecule has 0 radical (unpaired) electrons. The molecular formula is C23H27N5O3. The average molecular weight is 422 g/mol. The Hall–Kier alpha value is -3.13. The number of benzene rings is 1. The number of nitrogens with zero attached hydrogens (tertiary/aromatic N) is 3. The zero-order chi connectivity index (χ0) is 21.7. The quantitative estimate of drug-likeness (QED) is 0.638. The van der Waals surface area contributed by atoms with Gasteiger partial charge in [0.05, 0.1) is 17.7 Å². The van der Waals surface area contributed by atoms with E-state index in [2.05, 4.69) is 17.2 Å². The van der Waals surface area contributed by atoms with Crippen molar-refractivity contribution in [3.8, 4) is 0 Å². The molecule has 1 atom stereocenters. The maximum atomic E-state index is 12.7. The number of hydrogen-bond donors (Lipinski definition) is 2. The lowest BCUT2D eigenvalue weighted by Gasteiger charge is -2.38. The molecule has 3 aromatic rings. The average Bonchev–Trinajstić information content (AvgIpc) is 3.49. The number of aryl methyl sites for hydroxylation is 1. The molecule has 3 heterocycles. The molecule has 2 fully saturated rings. The summed E-state index contributed by atoms with van der Waals surface area (Å²) in [6.45, 7) is 5.33. The molecule has 1 amide bonds. The molecule has 2 aliphatic rings. The second-order valence-corrected chi connectivity index (χ2v) is 8.66. The Kier molecular flexibility index (Phi) is 4.81. The number of hydrogen-bond acceptors (Lipinski definition) is 5. The molecule has 0 bridgehead atoms. The highest BCUT2D eigenvalue weighted by Crippen LogP contribution is 2.41. The molecule has 2 N–H and O–H groups in total. The summed E-state index contributed by atoms with van der Waals surface area (Å²) in [7, 11) is 1.67. The molecule has 1 aliphatic heterocycles. The van der Waals surface area contributed by atoms with Crippen LogP contribution in [0.3, 0.4) is 0 Å². The summed E-state index contributed by atoms with van der Waals surface area (Å²) >= 11 is 0. The number of likely N-dealkylation sites (tertiary alicyclic amines) is 1. The van der Waals surface area contributed by atoms with Crippen LogP contribution in [0.1, 0.15) is 41.7 Å². The molecule has 1 aromatic carbocycles. The molecule has 162 valence electrons. The van der Waals surface area contributed by atoms with Crippen LogP contribution in [0.4, 0.5) is 11.5 Å². The first-order chi connectivity index (χ1) is 15.0. The Balaban J connectivity index is 1.43. The van der Waals surface area contributed by atoms with Gasteiger partial charge in [-0.3, -0.25) is 14.3 Å². The van der Waals surface area contributed by atoms with Gasteiger partial charge in [0, 0.05) is 37.6 Å². The molecule has 31 heavy (non-hydrogen) atoms. The molecule has 0 spiro atoms. The van der Waals surface area contributed by atoms with Crippen molar-refractivity contribution in [3.63, 3.8) is 0 Å². The smallest absolute Gasteiger partial charge is 0.261 e. The monoisotopic (exact) mass is 421 g/mol. The third-order valence-electron chi connectivity index (χ3n) is 6.51. The van der Waals surface area contributed by atoms with Crippen LogP contribution in [0.2, 0.25) is 0 Å². The van der Waals surface area contributed by atoms with Crippen LogP contribution >= 0.6 is 0 Å². The largest absolute Gasteiger partial charge is 0.378 e. The van der Waals surface area contributed by atoms with Crippen molar-refractivity contribution in [2.24, 2.45) is 5.92 Å². The van der Waals surface area contributed by atoms with Crippen LogP contribution in [0, 0.1) is 12.8 Å². The van der Waals surface area contributed by atoms with E-state index in [1.54, 1.807) is 18.2 Å². The number of carbonyl (C=O) groups is 1. The number of amides is 1. The Morgan fingerprint density at radius 2 is 2.06 bits per heavy atom. The van der Waals surface area contributed by atoms with Crippen molar-refractivity contribution in [2.75, 3.05) is 25.5 Å². The summed E-state index contributed by atoms with van der Waals surface area (Å²) in [5, 5.41) is 8.62. The minimum atomic E-state index is -0.164. The van der Waals surface area contributed by atoms with Crippen molar-refractivity contribution >= 4 is 28.3 Å². The van der Waals surface area contributed by atoms with Gasteiger partial charge in [0.2, 0.25) is 0 Å². The molecule has 1 saturated carbocycles. The summed E-state index contributed by atoms with van der Waals surface area (Å²) in [6.07, 6.45) is 4.20. The van der Waals surface area contributed by atoms with Gasteiger partial charge in [0.15, 0.2) is 5.82 Å². The minimum absolute atomic E-state index is 0.0155. The lowest BCUT2D eigenvalue weighted by atomic mass is 10.0. The number of ether oxygens (including phenoxy) is 1. The first-order valence-corrected chi connectivity index (χ1v) is 10.8. The highest BCUT2D eigenvalue weighted by molar-refractivity contribution is 5.97. The number of aromatic amines is 1. The normalized spacial score (nSPS) is 17.6. The van der Waals surface area contributed by atoms with E-state index in [9.17, 15) is 9.59 Å². The number of aromatic nitrogens is 3. The molecule has 8 nitrogen and oxygen atoms in total. The minimum Gasteiger partial charge on any atom is -0.378 e. The molecule has 8 heteroatoms. The second-order valence-electron chi connectivity index (χ2n) is 8.66. The number of nitrogens with one attached hydrogen (secondary N) is 2. The van der Waals surface area contributed by atoms with E-state index in [-0.39, 0.29) is 23.6 Å². The molecule has 1 aliphatic carbocycles. The van der Waals surface area contributed by atoms with Gasteiger partial charge in [-0.05, 0) is 62.4 Å². The third kappa shape index (κ3) is 3.50. The van der Waals surface area contributed by atoms with Crippen LogP contribution in [0.15, 0.2) is 35.3 Å². The van der Waals surface area contributed by atoms with Crippen LogP contribution < -0.4 is 10.9 Å². The summed E-state index contributed by atoms with van der Waals surface area (Å²) in [4.78, 5) is 29.9.